The van der Waals surface area contributed by atoms with E-state index in [2.05, 4.69) is 6.07 Å². The van der Waals surface area contributed by atoms with Gasteiger partial charge >= 0.3 is 0 Å². The van der Waals surface area contributed by atoms with E-state index in [9.17, 15) is 5.26 Å². The van der Waals surface area contributed by atoms with Gasteiger partial charge in [-0.25, -0.2) is 0 Å². The molecule has 1 heterocycles. The summed E-state index contributed by atoms with van der Waals surface area (Å²) in [6, 6.07) is 21.7. The third-order valence-electron chi connectivity index (χ3n) is 3.96. The van der Waals surface area contributed by atoms with Crippen LogP contribution in [0.5, 0.6) is 0 Å². The molecule has 0 aliphatic carbocycles. The lowest BCUT2D eigenvalue weighted by Gasteiger charge is -2.34. The van der Waals surface area contributed by atoms with Crippen molar-refractivity contribution in [2.75, 3.05) is 6.61 Å². The summed E-state index contributed by atoms with van der Waals surface area (Å²) < 4.78 is 11.9. The molecule has 3 rings (SSSR count). The van der Waals surface area contributed by atoms with Crippen molar-refractivity contribution in [2.24, 2.45) is 0 Å². The van der Waals surface area contributed by atoms with Crippen molar-refractivity contribution in [3.63, 3.8) is 0 Å². The van der Waals surface area contributed by atoms with E-state index >= 15 is 0 Å². The molecule has 3 heteroatoms. The number of nitriles is 1. The van der Waals surface area contributed by atoms with Crippen LogP contribution in [0.3, 0.4) is 0 Å². The summed E-state index contributed by atoms with van der Waals surface area (Å²) in [5, 5.41) is 9.98. The van der Waals surface area contributed by atoms with E-state index < -0.39 is 5.60 Å². The number of ether oxygens (including phenoxy) is 2. The van der Waals surface area contributed by atoms with E-state index in [-0.39, 0.29) is 6.29 Å². The number of benzene rings is 2. The fourth-order valence-electron chi connectivity index (χ4n) is 2.81. The van der Waals surface area contributed by atoms with Crippen molar-refractivity contribution in [1.29, 1.82) is 5.26 Å². The first kappa shape index (κ1) is 14.8. The predicted molar refractivity (Wildman–Crippen MR) is 84.0 cm³/mol. The van der Waals surface area contributed by atoms with E-state index in [1.807, 2.05) is 60.7 Å². The van der Waals surface area contributed by atoms with Crippen LogP contribution in [0.4, 0.5) is 0 Å². The summed E-state index contributed by atoms with van der Waals surface area (Å²) in [7, 11) is 0. The zero-order valence-corrected chi connectivity index (χ0v) is 12.4. The van der Waals surface area contributed by atoms with Gasteiger partial charge in [-0.15, -0.1) is 0 Å². The summed E-state index contributed by atoms with van der Waals surface area (Å²) >= 11 is 0. The molecule has 1 atom stereocenters. The molecule has 0 amide bonds. The molecular weight excluding hydrogens is 274 g/mol. The first-order chi connectivity index (χ1) is 10.8. The van der Waals surface area contributed by atoms with Crippen LogP contribution in [-0.4, -0.2) is 12.9 Å². The molecule has 22 heavy (non-hydrogen) atoms. The lowest BCUT2D eigenvalue weighted by atomic mass is 9.87. The molecule has 1 aliphatic rings. The van der Waals surface area contributed by atoms with Gasteiger partial charge in [-0.2, -0.15) is 5.26 Å². The molecule has 0 bridgehead atoms. The molecule has 1 aliphatic heterocycles. The molecule has 2 aromatic carbocycles. The Balaban J connectivity index is 2.03. The summed E-state index contributed by atoms with van der Waals surface area (Å²) in [5.74, 6) is 0. The van der Waals surface area contributed by atoms with Gasteiger partial charge in [-0.05, 0) is 19.3 Å². The highest BCUT2D eigenvalue weighted by Gasteiger charge is 2.39. The Bertz CT molecular complexity index is 588. The van der Waals surface area contributed by atoms with Crippen molar-refractivity contribution in [3.8, 4) is 6.07 Å². The van der Waals surface area contributed by atoms with Crippen molar-refractivity contribution in [2.45, 2.75) is 31.2 Å². The molecule has 112 valence electrons. The zero-order chi connectivity index (χ0) is 15.3. The highest BCUT2D eigenvalue weighted by Crippen LogP contribution is 2.36. The molecule has 0 aromatic heterocycles. The SMILES string of the molecule is N#CC(OC1CCCCO1)(c1ccccc1)c1ccccc1. The number of hydrogen-bond acceptors (Lipinski definition) is 3. The van der Waals surface area contributed by atoms with Gasteiger partial charge in [0.15, 0.2) is 6.29 Å². The van der Waals surface area contributed by atoms with Crippen molar-refractivity contribution >= 4 is 0 Å². The molecule has 0 N–H and O–H groups in total. The van der Waals surface area contributed by atoms with E-state index in [1.165, 1.54) is 0 Å². The third kappa shape index (κ3) is 2.89. The molecule has 1 fully saturated rings. The maximum atomic E-state index is 9.98. The number of rotatable bonds is 4. The Morgan fingerprint density at radius 1 is 0.955 bits per heavy atom. The lowest BCUT2D eigenvalue weighted by molar-refractivity contribution is -0.201. The molecule has 0 saturated carbocycles. The van der Waals surface area contributed by atoms with Crippen molar-refractivity contribution in [1.82, 2.24) is 0 Å². The second-order valence-corrected chi connectivity index (χ2v) is 5.44. The predicted octanol–water partition coefficient (Wildman–Crippen LogP) is 4.00. The van der Waals surface area contributed by atoms with E-state index in [4.69, 9.17) is 9.47 Å². The highest BCUT2D eigenvalue weighted by molar-refractivity contribution is 5.42. The molecule has 3 nitrogen and oxygen atoms in total. The molecule has 0 radical (unpaired) electrons. The van der Waals surface area contributed by atoms with Gasteiger partial charge in [0, 0.05) is 17.7 Å². The first-order valence-electron chi connectivity index (χ1n) is 7.67. The molecule has 1 unspecified atom stereocenters. The van der Waals surface area contributed by atoms with Gasteiger partial charge in [-0.1, -0.05) is 60.7 Å². The Hall–Kier alpha value is -2.15. The quantitative estimate of drug-likeness (QED) is 0.855. The fourth-order valence-corrected chi connectivity index (χ4v) is 2.81. The van der Waals surface area contributed by atoms with Crippen LogP contribution in [0, 0.1) is 11.3 Å². The lowest BCUT2D eigenvalue weighted by Crippen LogP contribution is -2.36. The highest BCUT2D eigenvalue weighted by atomic mass is 16.7. The van der Waals surface area contributed by atoms with Crippen LogP contribution >= 0.6 is 0 Å². The summed E-state index contributed by atoms with van der Waals surface area (Å²) in [6.07, 6.45) is 2.60. The van der Waals surface area contributed by atoms with E-state index in [1.54, 1.807) is 0 Å². The first-order valence-corrected chi connectivity index (χ1v) is 7.67. The van der Waals surface area contributed by atoms with Crippen LogP contribution in [0.1, 0.15) is 30.4 Å². The standard InChI is InChI=1S/C19H19NO2/c20-15-19(16-9-3-1-4-10-16,17-11-5-2-6-12-17)22-18-13-7-8-14-21-18/h1-6,9-12,18H,7-8,13-14H2. The number of nitrogens with zero attached hydrogens (tertiary/aromatic N) is 1. The molecule has 2 aromatic rings. The smallest absolute Gasteiger partial charge is 0.208 e. The fraction of sp³-hybridized carbons (Fsp3) is 0.316. The Labute approximate surface area is 131 Å². The monoisotopic (exact) mass is 293 g/mol. The van der Waals surface area contributed by atoms with Gasteiger partial charge in [0.05, 0.1) is 0 Å². The maximum absolute atomic E-state index is 9.98. The minimum absolute atomic E-state index is 0.339. The van der Waals surface area contributed by atoms with Crippen molar-refractivity contribution < 1.29 is 9.47 Å². The van der Waals surface area contributed by atoms with Gasteiger partial charge in [0.2, 0.25) is 5.60 Å². The third-order valence-corrected chi connectivity index (χ3v) is 3.96. The molecular formula is C19H19NO2. The van der Waals surface area contributed by atoms with Crippen LogP contribution in [0.25, 0.3) is 0 Å². The second-order valence-electron chi connectivity index (χ2n) is 5.44. The second kappa shape index (κ2) is 6.74. The van der Waals surface area contributed by atoms with E-state index in [0.717, 1.165) is 30.4 Å². The number of hydrogen-bond donors (Lipinski definition) is 0. The van der Waals surface area contributed by atoms with Gasteiger partial charge in [0.25, 0.3) is 0 Å². The van der Waals surface area contributed by atoms with Gasteiger partial charge in [0.1, 0.15) is 6.07 Å². The topological polar surface area (TPSA) is 42.2 Å². The Kier molecular flexibility index (Phi) is 4.53. The summed E-state index contributed by atoms with van der Waals surface area (Å²) in [4.78, 5) is 0. The largest absolute Gasteiger partial charge is 0.353 e. The Morgan fingerprint density at radius 2 is 1.55 bits per heavy atom. The summed E-state index contributed by atoms with van der Waals surface area (Å²) in [6.45, 7) is 0.690. The average Bonchev–Trinajstić information content (AvgIpc) is 2.62. The summed E-state index contributed by atoms with van der Waals surface area (Å²) in [5.41, 5.74) is 0.528. The maximum Gasteiger partial charge on any atom is 0.208 e. The van der Waals surface area contributed by atoms with Crippen molar-refractivity contribution in [3.05, 3.63) is 71.8 Å². The van der Waals surface area contributed by atoms with Crippen LogP contribution in [0.2, 0.25) is 0 Å². The minimum Gasteiger partial charge on any atom is -0.353 e. The zero-order valence-electron chi connectivity index (χ0n) is 12.4. The van der Waals surface area contributed by atoms with Crippen LogP contribution < -0.4 is 0 Å². The normalized spacial score (nSPS) is 18.6. The van der Waals surface area contributed by atoms with Crippen LogP contribution in [-0.2, 0) is 15.1 Å². The van der Waals surface area contributed by atoms with Crippen LogP contribution in [0.15, 0.2) is 60.7 Å². The molecule has 0 spiro atoms. The molecule has 1 saturated heterocycles. The minimum atomic E-state index is -1.13. The Morgan fingerprint density at radius 3 is 2.00 bits per heavy atom. The van der Waals surface area contributed by atoms with E-state index in [0.29, 0.717) is 6.61 Å². The average molecular weight is 293 g/mol. The van der Waals surface area contributed by atoms with Gasteiger partial charge < -0.3 is 9.47 Å². The van der Waals surface area contributed by atoms with Gasteiger partial charge in [-0.3, -0.25) is 0 Å².